The lowest BCUT2D eigenvalue weighted by atomic mass is 10.1. The highest BCUT2D eigenvalue weighted by Crippen LogP contribution is 2.29. The van der Waals surface area contributed by atoms with Crippen LogP contribution < -0.4 is 15.4 Å². The molecule has 1 saturated carbocycles. The van der Waals surface area contributed by atoms with Crippen molar-refractivity contribution >= 4 is 33.3 Å². The van der Waals surface area contributed by atoms with Crippen LogP contribution in [0.5, 0.6) is 0 Å². The van der Waals surface area contributed by atoms with Crippen molar-refractivity contribution in [2.24, 2.45) is 11.8 Å². The van der Waals surface area contributed by atoms with E-state index in [1.54, 1.807) is 26.0 Å². The Balaban J connectivity index is 1.98. The normalized spacial score (nSPS) is 15.8. The molecule has 0 bridgehead atoms. The number of nitrogens with one attached hydrogen (secondary N) is 3. The number of sulfonamides is 1. The molecule has 0 aliphatic heterocycles. The topological polar surface area (TPSA) is 117 Å². The second-order valence-electron chi connectivity index (χ2n) is 6.30. The molecule has 24 heavy (non-hydrogen) atoms. The van der Waals surface area contributed by atoms with Gasteiger partial charge in [-0.25, -0.2) is 18.1 Å². The minimum atomic E-state index is -3.50. The van der Waals surface area contributed by atoms with E-state index in [2.05, 4.69) is 20.3 Å². The van der Waals surface area contributed by atoms with E-state index in [1.807, 2.05) is 0 Å². The monoisotopic (exact) mass is 354 g/mol. The molecule has 1 aromatic heterocycles. The number of hydrogen-bond donors (Lipinski definition) is 3. The van der Waals surface area contributed by atoms with Gasteiger partial charge in [0.25, 0.3) is 0 Å². The number of aromatic nitrogens is 1. The maximum atomic E-state index is 12.3. The Hall–Kier alpha value is -2.00. The molecule has 0 spiro atoms. The van der Waals surface area contributed by atoms with E-state index in [9.17, 15) is 18.0 Å². The lowest BCUT2D eigenvalue weighted by Crippen LogP contribution is -2.46. The zero-order valence-electron chi connectivity index (χ0n) is 13.9. The van der Waals surface area contributed by atoms with Gasteiger partial charge in [-0.3, -0.25) is 9.59 Å². The van der Waals surface area contributed by atoms with Crippen LogP contribution in [0.3, 0.4) is 0 Å². The summed E-state index contributed by atoms with van der Waals surface area (Å²) in [6.07, 6.45) is 4.24. The number of carbonyl (C=O) groups is 2. The average Bonchev–Trinajstić information content (AvgIpc) is 3.30. The van der Waals surface area contributed by atoms with Crippen LogP contribution in [0, 0.1) is 11.8 Å². The number of carbonyl (C=O) groups excluding carboxylic acids is 2. The lowest BCUT2D eigenvalue weighted by molar-refractivity contribution is -0.119. The highest BCUT2D eigenvalue weighted by molar-refractivity contribution is 7.88. The first-order valence-electron chi connectivity index (χ1n) is 7.71. The van der Waals surface area contributed by atoms with Gasteiger partial charge in [-0.05, 0) is 30.9 Å². The fraction of sp³-hybridized carbons (Fsp3) is 0.533. The van der Waals surface area contributed by atoms with Gasteiger partial charge in [0, 0.05) is 5.92 Å². The van der Waals surface area contributed by atoms with Gasteiger partial charge in [-0.2, -0.15) is 0 Å². The summed E-state index contributed by atoms with van der Waals surface area (Å²) < 4.78 is 25.0. The van der Waals surface area contributed by atoms with E-state index >= 15 is 0 Å². The van der Waals surface area contributed by atoms with Crippen LogP contribution in [0.2, 0.25) is 0 Å². The molecular formula is C15H22N4O4S. The van der Waals surface area contributed by atoms with Gasteiger partial charge >= 0.3 is 0 Å². The highest BCUT2D eigenvalue weighted by Gasteiger charge is 2.30. The number of pyridine rings is 1. The predicted molar refractivity (Wildman–Crippen MR) is 90.8 cm³/mol. The van der Waals surface area contributed by atoms with Crippen LogP contribution in [-0.2, 0) is 19.6 Å². The van der Waals surface area contributed by atoms with Gasteiger partial charge in [0.1, 0.15) is 11.9 Å². The Morgan fingerprint density at radius 2 is 1.88 bits per heavy atom. The molecule has 1 atom stereocenters. The van der Waals surface area contributed by atoms with Crippen LogP contribution in [-0.4, -0.2) is 37.5 Å². The van der Waals surface area contributed by atoms with Gasteiger partial charge in [0.15, 0.2) is 0 Å². The van der Waals surface area contributed by atoms with E-state index in [-0.39, 0.29) is 17.7 Å². The average molecular weight is 354 g/mol. The molecule has 0 saturated heterocycles. The fourth-order valence-electron chi connectivity index (χ4n) is 2.06. The van der Waals surface area contributed by atoms with Crippen molar-refractivity contribution in [3.8, 4) is 0 Å². The molecular weight excluding hydrogens is 332 g/mol. The third-order valence-electron chi connectivity index (χ3n) is 3.52. The van der Waals surface area contributed by atoms with Crippen molar-refractivity contribution in [2.75, 3.05) is 16.9 Å². The Morgan fingerprint density at radius 3 is 2.33 bits per heavy atom. The Morgan fingerprint density at radius 1 is 1.21 bits per heavy atom. The van der Waals surface area contributed by atoms with E-state index in [4.69, 9.17) is 0 Å². The second kappa shape index (κ2) is 7.27. The maximum Gasteiger partial charge on any atom is 0.242 e. The van der Waals surface area contributed by atoms with Crippen molar-refractivity contribution in [1.82, 2.24) is 9.71 Å². The molecule has 0 aromatic carbocycles. The largest absolute Gasteiger partial charge is 0.323 e. The molecule has 0 unspecified atom stereocenters. The van der Waals surface area contributed by atoms with E-state index < -0.39 is 22.0 Å². The summed E-state index contributed by atoms with van der Waals surface area (Å²) in [4.78, 5) is 28.0. The van der Waals surface area contributed by atoms with Crippen molar-refractivity contribution in [3.63, 3.8) is 0 Å². The number of amides is 2. The first-order chi connectivity index (χ1) is 11.2. The Bertz CT molecular complexity index is 711. The van der Waals surface area contributed by atoms with Gasteiger partial charge in [0.2, 0.25) is 21.8 Å². The maximum absolute atomic E-state index is 12.3. The third kappa shape index (κ3) is 5.57. The lowest BCUT2D eigenvalue weighted by Gasteiger charge is -2.20. The van der Waals surface area contributed by atoms with Crippen molar-refractivity contribution in [3.05, 3.63) is 18.3 Å². The van der Waals surface area contributed by atoms with Crippen LogP contribution in [0.25, 0.3) is 0 Å². The second-order valence-corrected chi connectivity index (χ2v) is 8.08. The molecule has 2 rings (SSSR count). The zero-order valence-corrected chi connectivity index (χ0v) is 14.7. The van der Waals surface area contributed by atoms with Gasteiger partial charge in [-0.15, -0.1) is 0 Å². The third-order valence-corrected chi connectivity index (χ3v) is 4.20. The molecule has 1 heterocycles. The van der Waals surface area contributed by atoms with Crippen molar-refractivity contribution in [2.45, 2.75) is 32.7 Å². The summed E-state index contributed by atoms with van der Waals surface area (Å²) >= 11 is 0. The number of hydrogen-bond acceptors (Lipinski definition) is 5. The molecule has 9 heteroatoms. The van der Waals surface area contributed by atoms with Crippen LogP contribution in [0.15, 0.2) is 18.3 Å². The summed E-state index contributed by atoms with van der Waals surface area (Å²) in [5.41, 5.74) is 0.422. The quantitative estimate of drug-likeness (QED) is 0.674. The number of anilines is 2. The summed E-state index contributed by atoms with van der Waals surface area (Å²) in [6.45, 7) is 3.49. The molecule has 1 aromatic rings. The van der Waals surface area contributed by atoms with Gasteiger partial charge in [-0.1, -0.05) is 13.8 Å². The van der Waals surface area contributed by atoms with Gasteiger partial charge < -0.3 is 10.6 Å². The molecule has 132 valence electrons. The SMILES string of the molecule is CC(C)[C@@H](NS(C)(=O)=O)C(=O)Nc1ccc(NC(=O)C2CC2)nc1. The van der Waals surface area contributed by atoms with E-state index in [1.165, 1.54) is 6.20 Å². The summed E-state index contributed by atoms with van der Waals surface area (Å²) in [6, 6.07) is 2.31. The van der Waals surface area contributed by atoms with Crippen molar-refractivity contribution in [1.29, 1.82) is 0 Å². The molecule has 0 radical (unpaired) electrons. The predicted octanol–water partition coefficient (Wildman–Crippen LogP) is 0.942. The standard InChI is InChI=1S/C15H22N4O4S/c1-9(2)13(19-24(3,22)23)15(21)17-11-6-7-12(16-8-11)18-14(20)10-4-5-10/h6-10,13,19H,4-5H2,1-3H3,(H,17,21)(H,16,18,20)/t13-/m1/s1. The fourth-order valence-corrected chi connectivity index (χ4v) is 2.90. The molecule has 8 nitrogen and oxygen atoms in total. The highest BCUT2D eigenvalue weighted by atomic mass is 32.2. The molecule has 3 N–H and O–H groups in total. The first-order valence-corrected chi connectivity index (χ1v) is 9.60. The van der Waals surface area contributed by atoms with Crippen LogP contribution in [0.4, 0.5) is 11.5 Å². The van der Waals surface area contributed by atoms with E-state index in [0.29, 0.717) is 11.5 Å². The van der Waals surface area contributed by atoms with Crippen molar-refractivity contribution < 1.29 is 18.0 Å². The Kier molecular flexibility index (Phi) is 5.55. The van der Waals surface area contributed by atoms with E-state index in [0.717, 1.165) is 19.1 Å². The smallest absolute Gasteiger partial charge is 0.242 e. The zero-order chi connectivity index (χ0) is 17.9. The number of rotatable bonds is 7. The van der Waals surface area contributed by atoms with Crippen LogP contribution >= 0.6 is 0 Å². The molecule has 2 amide bonds. The number of nitrogens with zero attached hydrogens (tertiary/aromatic N) is 1. The minimum absolute atomic E-state index is 0.0449. The summed E-state index contributed by atoms with van der Waals surface area (Å²) in [5, 5.41) is 5.32. The first kappa shape index (κ1) is 18.3. The Labute approximate surface area is 141 Å². The molecule has 1 fully saturated rings. The summed E-state index contributed by atoms with van der Waals surface area (Å²) in [5.74, 6) is -0.229. The molecule has 1 aliphatic carbocycles. The molecule has 1 aliphatic rings. The summed E-state index contributed by atoms with van der Waals surface area (Å²) in [7, 11) is -3.50. The van der Waals surface area contributed by atoms with Crippen LogP contribution in [0.1, 0.15) is 26.7 Å². The van der Waals surface area contributed by atoms with Gasteiger partial charge in [0.05, 0.1) is 18.1 Å². The minimum Gasteiger partial charge on any atom is -0.323 e.